The molecule has 0 saturated carbocycles. The molecule has 0 radical (unpaired) electrons. The van der Waals surface area contributed by atoms with Gasteiger partial charge in [-0.25, -0.2) is 0 Å². The van der Waals surface area contributed by atoms with Crippen LogP contribution >= 0.6 is 11.6 Å². The van der Waals surface area contributed by atoms with Gasteiger partial charge >= 0.3 is 6.18 Å². The zero-order chi connectivity index (χ0) is 12.6. The average molecular weight is 263 g/mol. The summed E-state index contributed by atoms with van der Waals surface area (Å²) >= 11 is 5.54. The first kappa shape index (κ1) is 12.2. The van der Waals surface area contributed by atoms with Gasteiger partial charge in [0.2, 0.25) is 0 Å². The van der Waals surface area contributed by atoms with Crippen LogP contribution < -0.4 is 5.32 Å². The number of nitrogens with zero attached hydrogens (tertiary/aromatic N) is 1. The van der Waals surface area contributed by atoms with Crippen LogP contribution in [0.4, 0.5) is 13.2 Å². The second kappa shape index (κ2) is 4.22. The summed E-state index contributed by atoms with van der Waals surface area (Å²) in [7, 11) is 0. The van der Waals surface area contributed by atoms with Gasteiger partial charge in [-0.3, -0.25) is 4.99 Å². The Morgan fingerprint density at radius 1 is 1.41 bits per heavy atom. The fourth-order valence-corrected chi connectivity index (χ4v) is 1.84. The summed E-state index contributed by atoms with van der Waals surface area (Å²) < 4.78 is 37.9. The summed E-state index contributed by atoms with van der Waals surface area (Å²) in [6.07, 6.45) is -4.45. The van der Waals surface area contributed by atoms with Crippen molar-refractivity contribution in [2.75, 3.05) is 6.54 Å². The smallest absolute Gasteiger partial charge is 0.366 e. The third-order valence-corrected chi connectivity index (χ3v) is 2.78. The Hall–Kier alpha value is -1.23. The molecule has 17 heavy (non-hydrogen) atoms. The molecule has 0 bridgehead atoms. The summed E-state index contributed by atoms with van der Waals surface area (Å²) in [5.41, 5.74) is -0.424. The van der Waals surface area contributed by atoms with E-state index in [1.807, 2.05) is 6.92 Å². The van der Waals surface area contributed by atoms with Crippen molar-refractivity contribution in [3.63, 3.8) is 0 Å². The molecule has 2 nitrogen and oxygen atoms in total. The highest BCUT2D eigenvalue weighted by molar-refractivity contribution is 6.31. The van der Waals surface area contributed by atoms with E-state index < -0.39 is 11.7 Å². The molecule has 2 rings (SSSR count). The third-order valence-electron chi connectivity index (χ3n) is 2.45. The van der Waals surface area contributed by atoms with E-state index >= 15 is 0 Å². The number of halogens is 4. The Kier molecular flexibility index (Phi) is 3.03. The number of hydrogen-bond donors (Lipinski definition) is 1. The Morgan fingerprint density at radius 3 is 2.65 bits per heavy atom. The van der Waals surface area contributed by atoms with Crippen LogP contribution in [0.2, 0.25) is 5.02 Å². The van der Waals surface area contributed by atoms with Crippen molar-refractivity contribution in [3.8, 4) is 0 Å². The van der Waals surface area contributed by atoms with E-state index in [1.165, 1.54) is 12.1 Å². The number of alkyl halides is 3. The predicted octanol–water partition coefficient (Wildman–Crippen LogP) is 3.10. The first-order chi connectivity index (χ1) is 7.88. The van der Waals surface area contributed by atoms with E-state index in [4.69, 9.17) is 11.6 Å². The van der Waals surface area contributed by atoms with E-state index in [9.17, 15) is 13.2 Å². The number of benzene rings is 1. The van der Waals surface area contributed by atoms with Crippen LogP contribution in [0.25, 0.3) is 0 Å². The van der Waals surface area contributed by atoms with Crippen LogP contribution in [0.15, 0.2) is 23.2 Å². The summed E-state index contributed by atoms with van der Waals surface area (Å²) in [6.45, 7) is 2.48. The molecule has 1 aromatic carbocycles. The van der Waals surface area contributed by atoms with Crippen molar-refractivity contribution in [1.29, 1.82) is 0 Å². The van der Waals surface area contributed by atoms with Gasteiger partial charge in [-0.15, -0.1) is 0 Å². The Balaban J connectivity index is 2.38. The first-order valence-electron chi connectivity index (χ1n) is 5.06. The topological polar surface area (TPSA) is 24.4 Å². The van der Waals surface area contributed by atoms with Crippen molar-refractivity contribution in [1.82, 2.24) is 5.32 Å². The largest absolute Gasteiger partial charge is 0.417 e. The van der Waals surface area contributed by atoms with Gasteiger partial charge in [-0.05, 0) is 25.1 Å². The number of hydrogen-bond acceptors (Lipinski definition) is 2. The zero-order valence-electron chi connectivity index (χ0n) is 8.98. The predicted molar refractivity (Wildman–Crippen MR) is 60.5 cm³/mol. The number of rotatable bonds is 1. The maximum absolute atomic E-state index is 12.6. The molecule has 0 aliphatic carbocycles. The minimum absolute atomic E-state index is 0.148. The molecule has 1 aliphatic heterocycles. The fourth-order valence-electron chi connectivity index (χ4n) is 1.62. The minimum Gasteiger partial charge on any atom is -0.366 e. The van der Waals surface area contributed by atoms with Gasteiger partial charge in [0, 0.05) is 11.6 Å². The number of aliphatic imine (C=N–C) groups is 1. The molecule has 1 heterocycles. The second-order valence-corrected chi connectivity index (χ2v) is 4.33. The Bertz CT molecular complexity index is 468. The molecule has 92 valence electrons. The maximum atomic E-state index is 12.6. The van der Waals surface area contributed by atoms with Gasteiger partial charge in [0.15, 0.2) is 0 Å². The molecule has 6 heteroatoms. The molecular formula is C11H10ClF3N2. The molecular weight excluding hydrogens is 253 g/mol. The van der Waals surface area contributed by atoms with Crippen molar-refractivity contribution in [2.24, 2.45) is 4.99 Å². The monoisotopic (exact) mass is 262 g/mol. The lowest BCUT2D eigenvalue weighted by atomic mass is 10.1. The lowest BCUT2D eigenvalue weighted by Crippen LogP contribution is -2.27. The fraction of sp³-hybridized carbons (Fsp3) is 0.364. The quantitative estimate of drug-likeness (QED) is 0.826. The van der Waals surface area contributed by atoms with E-state index in [0.717, 1.165) is 6.07 Å². The lowest BCUT2D eigenvalue weighted by Gasteiger charge is -2.11. The van der Waals surface area contributed by atoms with Crippen LogP contribution in [-0.4, -0.2) is 18.4 Å². The molecule has 1 unspecified atom stereocenters. The molecule has 0 amide bonds. The molecule has 0 aromatic heterocycles. The zero-order valence-corrected chi connectivity index (χ0v) is 9.73. The molecule has 0 spiro atoms. The second-order valence-electron chi connectivity index (χ2n) is 3.93. The molecule has 1 aliphatic rings. The van der Waals surface area contributed by atoms with Crippen LogP contribution in [0.3, 0.4) is 0 Å². The normalized spacial score (nSPS) is 20.1. The van der Waals surface area contributed by atoms with Crippen LogP contribution in [-0.2, 0) is 6.18 Å². The van der Waals surface area contributed by atoms with E-state index in [1.54, 1.807) is 0 Å². The average Bonchev–Trinajstić information content (AvgIpc) is 2.64. The highest BCUT2D eigenvalue weighted by Crippen LogP contribution is 2.35. The summed E-state index contributed by atoms with van der Waals surface area (Å²) in [5.74, 6) is 0.486. The van der Waals surface area contributed by atoms with E-state index in [2.05, 4.69) is 10.3 Å². The molecule has 1 atom stereocenters. The van der Waals surface area contributed by atoms with Gasteiger partial charge < -0.3 is 5.32 Å². The van der Waals surface area contributed by atoms with Gasteiger partial charge in [-0.2, -0.15) is 13.2 Å². The van der Waals surface area contributed by atoms with Crippen LogP contribution in [0.5, 0.6) is 0 Å². The SMILES string of the molecule is CC1CN=C(c2ccc(Cl)c(C(F)(F)F)c2)N1. The van der Waals surface area contributed by atoms with Crippen LogP contribution in [0, 0.1) is 0 Å². The standard InChI is InChI=1S/C11H10ClF3N2/c1-6-5-16-10(17-6)7-2-3-9(12)8(4-7)11(13,14)15/h2-4,6H,5H2,1H3,(H,16,17). The van der Waals surface area contributed by atoms with Gasteiger partial charge in [-0.1, -0.05) is 11.6 Å². The Morgan fingerprint density at radius 2 is 2.12 bits per heavy atom. The summed E-state index contributed by atoms with van der Waals surface area (Å²) in [6, 6.07) is 3.94. The minimum atomic E-state index is -4.45. The lowest BCUT2D eigenvalue weighted by molar-refractivity contribution is -0.137. The Labute approximate surface area is 101 Å². The van der Waals surface area contributed by atoms with E-state index in [-0.39, 0.29) is 11.1 Å². The number of amidine groups is 1. The summed E-state index contributed by atoms with van der Waals surface area (Å²) in [4.78, 5) is 4.13. The maximum Gasteiger partial charge on any atom is 0.417 e. The molecule has 0 fully saturated rings. The molecule has 0 saturated heterocycles. The van der Waals surface area contributed by atoms with Crippen molar-refractivity contribution < 1.29 is 13.2 Å². The highest BCUT2D eigenvalue weighted by Gasteiger charge is 2.33. The van der Waals surface area contributed by atoms with Gasteiger partial charge in [0.25, 0.3) is 0 Å². The summed E-state index contributed by atoms with van der Waals surface area (Å²) in [5, 5.41) is 2.71. The third kappa shape index (κ3) is 2.54. The van der Waals surface area contributed by atoms with Crippen molar-refractivity contribution >= 4 is 17.4 Å². The molecule has 1 N–H and O–H groups in total. The first-order valence-corrected chi connectivity index (χ1v) is 5.44. The van der Waals surface area contributed by atoms with Gasteiger partial charge in [0.1, 0.15) is 5.84 Å². The van der Waals surface area contributed by atoms with E-state index in [0.29, 0.717) is 17.9 Å². The van der Waals surface area contributed by atoms with Crippen molar-refractivity contribution in [2.45, 2.75) is 19.1 Å². The van der Waals surface area contributed by atoms with Crippen molar-refractivity contribution in [3.05, 3.63) is 34.3 Å². The molecule has 1 aromatic rings. The highest BCUT2D eigenvalue weighted by atomic mass is 35.5. The number of nitrogens with one attached hydrogen (secondary N) is 1. The van der Waals surface area contributed by atoms with Crippen LogP contribution in [0.1, 0.15) is 18.1 Å². The van der Waals surface area contributed by atoms with Gasteiger partial charge in [0.05, 0.1) is 17.1 Å².